The maximum absolute atomic E-state index is 11.0. The number of carbonyl (C=O) groups excluding carboxylic acids is 2. The molecule has 1 aromatic rings. The minimum Gasteiger partial charge on any atom is -0.367 e. The third-order valence-electron chi connectivity index (χ3n) is 1.96. The number of nitrogens with zero attached hydrogens (tertiary/aromatic N) is 1. The van der Waals surface area contributed by atoms with Gasteiger partial charge < -0.3 is 15.6 Å². The number of amides is 2. The number of carbonyl (C=O) groups is 2. The predicted octanol–water partition coefficient (Wildman–Crippen LogP) is -0.499. The van der Waals surface area contributed by atoms with E-state index in [1.54, 1.807) is 7.05 Å². The van der Waals surface area contributed by atoms with Gasteiger partial charge in [-0.25, -0.2) is 0 Å². The molecule has 0 aromatic carbocycles. The smallest absolute Gasteiger partial charge is 0.311 e. The molecule has 0 bridgehead atoms. The largest absolute Gasteiger partial charge is 0.367 e. The highest BCUT2D eigenvalue weighted by Gasteiger charge is 2.13. The molecule has 0 atom stereocenters. The average molecular weight is 195 g/mol. The summed E-state index contributed by atoms with van der Waals surface area (Å²) in [5.74, 6) is -1.57. The first-order valence-corrected chi connectivity index (χ1v) is 4.28. The molecule has 0 aliphatic rings. The minimum absolute atomic E-state index is 0.486. The number of primary amides is 1. The minimum atomic E-state index is -0.915. The van der Waals surface area contributed by atoms with Gasteiger partial charge in [-0.1, -0.05) is 0 Å². The Morgan fingerprint density at radius 2 is 2.29 bits per heavy atom. The van der Waals surface area contributed by atoms with Gasteiger partial charge in [-0.2, -0.15) is 0 Å². The molecular formula is C9H13N3O2. The van der Waals surface area contributed by atoms with Gasteiger partial charge in [0.2, 0.25) is 0 Å². The molecule has 1 heterocycles. The van der Waals surface area contributed by atoms with Crippen molar-refractivity contribution in [2.24, 2.45) is 5.73 Å². The summed E-state index contributed by atoms with van der Waals surface area (Å²) < 4.78 is 0. The van der Waals surface area contributed by atoms with Crippen LogP contribution in [0.4, 0.5) is 0 Å². The van der Waals surface area contributed by atoms with E-state index in [9.17, 15) is 9.59 Å². The van der Waals surface area contributed by atoms with Crippen LogP contribution >= 0.6 is 0 Å². The highest BCUT2D eigenvalue weighted by atomic mass is 16.2. The first-order valence-electron chi connectivity index (χ1n) is 4.28. The number of aromatic nitrogens is 1. The first-order chi connectivity index (χ1) is 6.61. The third kappa shape index (κ3) is 2.62. The Kier molecular flexibility index (Phi) is 3.28. The number of nitrogens with two attached hydrogens (primary N) is 1. The van der Waals surface area contributed by atoms with Gasteiger partial charge in [0.1, 0.15) is 0 Å². The zero-order chi connectivity index (χ0) is 10.6. The van der Waals surface area contributed by atoms with Crippen molar-refractivity contribution in [3.63, 3.8) is 0 Å². The first kappa shape index (κ1) is 10.3. The number of aromatic amines is 1. The van der Waals surface area contributed by atoms with Crippen molar-refractivity contribution in [1.82, 2.24) is 9.88 Å². The molecule has 0 spiro atoms. The molecule has 1 aromatic heterocycles. The average Bonchev–Trinajstić information content (AvgIpc) is 2.65. The van der Waals surface area contributed by atoms with Crippen molar-refractivity contribution >= 4 is 11.8 Å². The van der Waals surface area contributed by atoms with E-state index in [-0.39, 0.29) is 0 Å². The number of hydrogen-bond donors (Lipinski definition) is 2. The van der Waals surface area contributed by atoms with E-state index >= 15 is 0 Å². The molecule has 14 heavy (non-hydrogen) atoms. The second-order valence-corrected chi connectivity index (χ2v) is 3.06. The quantitative estimate of drug-likeness (QED) is 0.638. The van der Waals surface area contributed by atoms with Gasteiger partial charge >= 0.3 is 11.8 Å². The lowest BCUT2D eigenvalue weighted by atomic mass is 10.2. The summed E-state index contributed by atoms with van der Waals surface area (Å²) in [5.41, 5.74) is 5.94. The number of nitrogens with one attached hydrogen (secondary N) is 1. The summed E-state index contributed by atoms with van der Waals surface area (Å²) in [7, 11) is 1.56. The standard InChI is InChI=1S/C9H13N3O2/c1-12(9(14)8(10)13)5-3-7-2-4-11-6-7/h2,4,6,11H,3,5H2,1H3,(H2,10,13). The van der Waals surface area contributed by atoms with E-state index in [1.165, 1.54) is 4.90 Å². The van der Waals surface area contributed by atoms with E-state index in [0.717, 1.165) is 5.56 Å². The van der Waals surface area contributed by atoms with Crippen molar-refractivity contribution in [2.75, 3.05) is 13.6 Å². The predicted molar refractivity (Wildman–Crippen MR) is 51.3 cm³/mol. The highest BCUT2D eigenvalue weighted by molar-refractivity contribution is 6.34. The zero-order valence-electron chi connectivity index (χ0n) is 7.99. The Bertz CT molecular complexity index is 319. The molecule has 1 rings (SSSR count). The van der Waals surface area contributed by atoms with Gasteiger partial charge in [-0.15, -0.1) is 0 Å². The fourth-order valence-electron chi connectivity index (χ4n) is 1.10. The van der Waals surface area contributed by atoms with Crippen LogP contribution in [0.1, 0.15) is 5.56 Å². The van der Waals surface area contributed by atoms with Crippen molar-refractivity contribution in [2.45, 2.75) is 6.42 Å². The van der Waals surface area contributed by atoms with E-state index in [4.69, 9.17) is 5.73 Å². The maximum Gasteiger partial charge on any atom is 0.311 e. The molecule has 76 valence electrons. The highest BCUT2D eigenvalue weighted by Crippen LogP contribution is 1.98. The van der Waals surface area contributed by atoms with Crippen molar-refractivity contribution < 1.29 is 9.59 Å². The second-order valence-electron chi connectivity index (χ2n) is 3.06. The number of likely N-dealkylation sites (N-methyl/N-ethyl adjacent to an activating group) is 1. The van der Waals surface area contributed by atoms with Crippen LogP contribution in [0.5, 0.6) is 0 Å². The van der Waals surface area contributed by atoms with E-state index in [0.29, 0.717) is 13.0 Å². The van der Waals surface area contributed by atoms with Crippen LogP contribution in [0.3, 0.4) is 0 Å². The van der Waals surface area contributed by atoms with Gasteiger partial charge in [0.15, 0.2) is 0 Å². The molecule has 5 nitrogen and oxygen atoms in total. The van der Waals surface area contributed by atoms with E-state index in [1.807, 2.05) is 18.5 Å². The van der Waals surface area contributed by atoms with Gasteiger partial charge in [0, 0.05) is 26.0 Å². The van der Waals surface area contributed by atoms with Gasteiger partial charge in [0.25, 0.3) is 0 Å². The maximum atomic E-state index is 11.0. The Morgan fingerprint density at radius 3 is 2.79 bits per heavy atom. The number of rotatable bonds is 3. The molecule has 5 heteroatoms. The molecule has 0 aliphatic carbocycles. The summed E-state index contributed by atoms with van der Waals surface area (Å²) in [4.78, 5) is 25.8. The zero-order valence-corrected chi connectivity index (χ0v) is 7.99. The van der Waals surface area contributed by atoms with Crippen LogP contribution in [0.2, 0.25) is 0 Å². The number of H-pyrrole nitrogens is 1. The van der Waals surface area contributed by atoms with Gasteiger partial charge in [-0.3, -0.25) is 9.59 Å². The summed E-state index contributed by atoms with van der Waals surface area (Å²) in [6.45, 7) is 0.486. The molecule has 0 radical (unpaired) electrons. The third-order valence-corrected chi connectivity index (χ3v) is 1.96. The van der Waals surface area contributed by atoms with Crippen molar-refractivity contribution in [3.05, 3.63) is 24.0 Å². The van der Waals surface area contributed by atoms with E-state index < -0.39 is 11.8 Å². The fraction of sp³-hybridized carbons (Fsp3) is 0.333. The normalized spacial score (nSPS) is 9.79. The lowest BCUT2D eigenvalue weighted by molar-refractivity contribution is -0.143. The summed E-state index contributed by atoms with van der Waals surface area (Å²) in [6.07, 6.45) is 4.37. The monoisotopic (exact) mass is 195 g/mol. The SMILES string of the molecule is CN(CCc1cc[nH]c1)C(=O)C(N)=O. The van der Waals surface area contributed by atoms with Crippen molar-refractivity contribution in [1.29, 1.82) is 0 Å². The van der Waals surface area contributed by atoms with Crippen LogP contribution in [0.15, 0.2) is 18.5 Å². The Morgan fingerprint density at radius 1 is 1.57 bits per heavy atom. The molecular weight excluding hydrogens is 182 g/mol. The molecule has 0 unspecified atom stereocenters. The van der Waals surface area contributed by atoms with Crippen LogP contribution in [0.25, 0.3) is 0 Å². The molecule has 0 aliphatic heterocycles. The van der Waals surface area contributed by atoms with E-state index in [2.05, 4.69) is 4.98 Å². The molecule has 0 saturated carbocycles. The lowest BCUT2D eigenvalue weighted by Crippen LogP contribution is -2.38. The van der Waals surface area contributed by atoms with Gasteiger partial charge in [-0.05, 0) is 18.1 Å². The summed E-state index contributed by atoms with van der Waals surface area (Å²) in [6, 6.07) is 1.92. The van der Waals surface area contributed by atoms with Crippen molar-refractivity contribution in [3.8, 4) is 0 Å². The topological polar surface area (TPSA) is 79.2 Å². The Labute approximate surface area is 81.9 Å². The Balaban J connectivity index is 2.38. The van der Waals surface area contributed by atoms with Crippen LogP contribution in [-0.4, -0.2) is 35.3 Å². The van der Waals surface area contributed by atoms with Crippen LogP contribution < -0.4 is 5.73 Å². The summed E-state index contributed by atoms with van der Waals surface area (Å²) in [5, 5.41) is 0. The molecule has 3 N–H and O–H groups in total. The summed E-state index contributed by atoms with van der Waals surface area (Å²) >= 11 is 0. The van der Waals surface area contributed by atoms with Crippen LogP contribution in [0, 0.1) is 0 Å². The molecule has 0 fully saturated rings. The van der Waals surface area contributed by atoms with Crippen LogP contribution in [-0.2, 0) is 16.0 Å². The molecule has 2 amide bonds. The fourth-order valence-corrected chi connectivity index (χ4v) is 1.10. The lowest BCUT2D eigenvalue weighted by Gasteiger charge is -2.13. The Hall–Kier alpha value is -1.78. The second kappa shape index (κ2) is 4.45. The van der Waals surface area contributed by atoms with Gasteiger partial charge in [0.05, 0.1) is 0 Å². The molecule has 0 saturated heterocycles. The number of hydrogen-bond acceptors (Lipinski definition) is 2.